The molecule has 3 aromatic carbocycles. The molecule has 4 aromatic rings. The van der Waals surface area contributed by atoms with E-state index in [0.717, 1.165) is 59.9 Å². The summed E-state index contributed by atoms with van der Waals surface area (Å²) in [6.45, 7) is 2.63. The van der Waals surface area contributed by atoms with Crippen LogP contribution < -0.4 is 5.32 Å². The minimum absolute atomic E-state index is 0.0279. The first-order valence-corrected chi connectivity index (χ1v) is 14.8. The van der Waals surface area contributed by atoms with Gasteiger partial charge in [0.2, 0.25) is 0 Å². The first-order chi connectivity index (χ1) is 19.5. The minimum atomic E-state index is -0.0279. The van der Waals surface area contributed by atoms with Crippen LogP contribution in [-0.4, -0.2) is 34.3 Å². The highest BCUT2D eigenvalue weighted by Gasteiger charge is 2.48. The van der Waals surface area contributed by atoms with Gasteiger partial charge in [0.15, 0.2) is 0 Å². The highest BCUT2D eigenvalue weighted by Crippen LogP contribution is 2.47. The number of urea groups is 1. The lowest BCUT2D eigenvalue weighted by atomic mass is 9.97. The Morgan fingerprint density at radius 3 is 2.55 bits per heavy atom. The van der Waals surface area contributed by atoms with Gasteiger partial charge in [-0.25, -0.2) is 4.79 Å². The minimum Gasteiger partial charge on any atom is -0.373 e. The Morgan fingerprint density at radius 1 is 1.02 bits per heavy atom. The predicted octanol–water partition coefficient (Wildman–Crippen LogP) is 8.67. The summed E-state index contributed by atoms with van der Waals surface area (Å²) in [5.41, 5.74) is 3.14. The third-order valence-corrected chi connectivity index (χ3v) is 9.42. The number of ether oxygens (including phenoxy) is 1. The molecule has 0 radical (unpaired) electrons. The molecule has 3 fully saturated rings. The average Bonchev–Trinajstić information content (AvgIpc) is 3.67. The standard InChI is InChI=1S/C32H31Cl2N3O3/c1-18-14-21-15-22(16-28(18)37(21)32(38)35-27-11-4-7-19-6-2-3-8-23(19)27)39-17-24-30(36-40-31(24)20-12-13-20)29-25(33)9-5-10-26(29)34/h2-11,18,20-22,28H,12-17H2,1H3,(H,35,38)/t18-,21?,22+,28?/m1/s1. The van der Waals surface area contributed by atoms with Gasteiger partial charge in [0.05, 0.1) is 28.4 Å². The number of nitrogens with one attached hydrogen (secondary N) is 1. The summed E-state index contributed by atoms with van der Waals surface area (Å²) in [6.07, 6.45) is 4.79. The van der Waals surface area contributed by atoms with Crippen molar-refractivity contribution in [1.82, 2.24) is 10.1 Å². The summed E-state index contributed by atoms with van der Waals surface area (Å²) >= 11 is 13.1. The van der Waals surface area contributed by atoms with Gasteiger partial charge < -0.3 is 19.5 Å². The molecule has 4 atom stereocenters. The summed E-state index contributed by atoms with van der Waals surface area (Å²) in [5, 5.41) is 10.9. The zero-order valence-corrected chi connectivity index (χ0v) is 23.8. The Kier molecular flexibility index (Phi) is 6.73. The number of piperidine rings is 1. The molecule has 2 aliphatic heterocycles. The molecule has 40 heavy (non-hydrogen) atoms. The van der Waals surface area contributed by atoms with Crippen molar-refractivity contribution in [3.63, 3.8) is 0 Å². The Labute approximate surface area is 243 Å². The highest BCUT2D eigenvalue weighted by atomic mass is 35.5. The Balaban J connectivity index is 1.08. The summed E-state index contributed by atoms with van der Waals surface area (Å²) < 4.78 is 12.4. The van der Waals surface area contributed by atoms with Crippen LogP contribution in [0.1, 0.15) is 56.3 Å². The molecule has 1 N–H and O–H groups in total. The van der Waals surface area contributed by atoms with Crippen molar-refractivity contribution in [3.05, 3.63) is 82.0 Å². The quantitative estimate of drug-likeness (QED) is 0.249. The predicted molar refractivity (Wildman–Crippen MR) is 158 cm³/mol. The lowest BCUT2D eigenvalue weighted by Crippen LogP contribution is -2.51. The molecule has 2 saturated heterocycles. The van der Waals surface area contributed by atoms with E-state index in [9.17, 15) is 4.79 Å². The number of benzene rings is 3. The molecule has 1 saturated carbocycles. The number of carbonyl (C=O) groups is 1. The molecule has 6 nitrogen and oxygen atoms in total. The van der Waals surface area contributed by atoms with E-state index in [1.165, 1.54) is 0 Å². The molecule has 1 aliphatic carbocycles. The van der Waals surface area contributed by atoms with Crippen molar-refractivity contribution in [1.29, 1.82) is 0 Å². The highest BCUT2D eigenvalue weighted by molar-refractivity contribution is 6.39. The molecular weight excluding hydrogens is 545 g/mol. The summed E-state index contributed by atoms with van der Waals surface area (Å²) in [5.74, 6) is 1.66. The molecule has 7 rings (SSSR count). The second-order valence-electron chi connectivity index (χ2n) is 11.4. The van der Waals surface area contributed by atoms with E-state index in [2.05, 4.69) is 34.4 Å². The Hall–Kier alpha value is -3.06. The van der Waals surface area contributed by atoms with Crippen LogP contribution in [0.5, 0.6) is 0 Å². The zero-order valence-electron chi connectivity index (χ0n) is 22.3. The third-order valence-electron chi connectivity index (χ3n) is 8.79. The number of nitrogens with zero attached hydrogens (tertiary/aromatic N) is 2. The molecule has 0 spiro atoms. The van der Waals surface area contributed by atoms with Gasteiger partial charge in [-0.1, -0.05) is 77.7 Å². The SMILES string of the molecule is C[C@@H]1CC2C[C@H](OCc3c(-c4c(Cl)cccc4Cl)noc3C3CC3)CC1N2C(=O)Nc1cccc2ccccc12. The molecular formula is C32H31Cl2N3O3. The van der Waals surface area contributed by atoms with Gasteiger partial charge in [0.1, 0.15) is 11.5 Å². The van der Waals surface area contributed by atoms with Gasteiger partial charge in [0, 0.05) is 34.5 Å². The van der Waals surface area contributed by atoms with Crippen LogP contribution >= 0.6 is 23.2 Å². The molecule has 2 unspecified atom stereocenters. The number of halogens is 2. The molecule has 3 heterocycles. The fraction of sp³-hybridized carbons (Fsp3) is 0.375. The van der Waals surface area contributed by atoms with Crippen molar-refractivity contribution >= 4 is 45.7 Å². The maximum Gasteiger partial charge on any atom is 0.322 e. The number of hydrogen-bond acceptors (Lipinski definition) is 4. The fourth-order valence-electron chi connectivity index (χ4n) is 6.69. The van der Waals surface area contributed by atoms with Crippen molar-refractivity contribution < 1.29 is 14.1 Å². The normalized spacial score (nSPS) is 24.0. The van der Waals surface area contributed by atoms with Gasteiger partial charge in [-0.3, -0.25) is 0 Å². The largest absolute Gasteiger partial charge is 0.373 e. The number of fused-ring (bicyclic) bond motifs is 3. The van der Waals surface area contributed by atoms with Gasteiger partial charge in [0.25, 0.3) is 0 Å². The third kappa shape index (κ3) is 4.66. The van der Waals surface area contributed by atoms with Crippen molar-refractivity contribution in [2.45, 2.75) is 69.7 Å². The van der Waals surface area contributed by atoms with Crippen LogP contribution in [0.4, 0.5) is 10.5 Å². The van der Waals surface area contributed by atoms with E-state index in [1.54, 1.807) is 0 Å². The van der Waals surface area contributed by atoms with E-state index in [4.69, 9.17) is 32.5 Å². The number of amides is 2. The van der Waals surface area contributed by atoms with Crippen molar-refractivity contribution in [2.75, 3.05) is 5.32 Å². The molecule has 2 bridgehead atoms. The first-order valence-electron chi connectivity index (χ1n) is 14.1. The van der Waals surface area contributed by atoms with E-state index < -0.39 is 0 Å². The van der Waals surface area contributed by atoms with Gasteiger partial charge in [-0.15, -0.1) is 0 Å². The van der Waals surface area contributed by atoms with Gasteiger partial charge in [-0.05, 0) is 61.6 Å². The average molecular weight is 577 g/mol. The summed E-state index contributed by atoms with van der Waals surface area (Å²) in [6, 6.07) is 19.8. The second-order valence-corrected chi connectivity index (χ2v) is 12.3. The van der Waals surface area contributed by atoms with Crippen LogP contribution in [0.2, 0.25) is 10.0 Å². The van der Waals surface area contributed by atoms with E-state index in [-0.39, 0.29) is 24.2 Å². The maximum absolute atomic E-state index is 13.6. The number of carbonyl (C=O) groups excluding carboxylic acids is 1. The molecule has 2 amide bonds. The lowest BCUT2D eigenvalue weighted by Gasteiger charge is -2.39. The molecule has 206 valence electrons. The molecule has 8 heteroatoms. The van der Waals surface area contributed by atoms with Crippen LogP contribution in [-0.2, 0) is 11.3 Å². The molecule has 1 aromatic heterocycles. The number of aromatic nitrogens is 1. The molecule has 3 aliphatic rings. The fourth-order valence-corrected chi connectivity index (χ4v) is 7.26. The number of hydrogen-bond donors (Lipinski definition) is 1. The topological polar surface area (TPSA) is 67.6 Å². The van der Waals surface area contributed by atoms with Crippen LogP contribution in [0.25, 0.3) is 22.0 Å². The van der Waals surface area contributed by atoms with Crippen molar-refractivity contribution in [2.24, 2.45) is 5.92 Å². The van der Waals surface area contributed by atoms with E-state index in [1.807, 2.05) is 48.5 Å². The Bertz CT molecular complexity index is 1560. The van der Waals surface area contributed by atoms with Gasteiger partial charge >= 0.3 is 6.03 Å². The smallest absolute Gasteiger partial charge is 0.322 e. The zero-order chi connectivity index (χ0) is 27.4. The summed E-state index contributed by atoms with van der Waals surface area (Å²) in [7, 11) is 0. The first kappa shape index (κ1) is 25.9. The van der Waals surface area contributed by atoms with Crippen LogP contribution in [0.15, 0.2) is 65.2 Å². The van der Waals surface area contributed by atoms with Gasteiger partial charge in [-0.2, -0.15) is 0 Å². The summed E-state index contributed by atoms with van der Waals surface area (Å²) in [4.78, 5) is 15.7. The number of anilines is 1. The Morgan fingerprint density at radius 2 is 1.77 bits per heavy atom. The van der Waals surface area contributed by atoms with Crippen LogP contribution in [0, 0.1) is 5.92 Å². The van der Waals surface area contributed by atoms with Crippen molar-refractivity contribution in [3.8, 4) is 11.3 Å². The lowest BCUT2D eigenvalue weighted by molar-refractivity contribution is -0.0181. The van der Waals surface area contributed by atoms with E-state index in [0.29, 0.717) is 39.7 Å². The van der Waals surface area contributed by atoms with Crippen LogP contribution in [0.3, 0.4) is 0 Å². The maximum atomic E-state index is 13.6. The second kappa shape index (κ2) is 10.4. The number of rotatable bonds is 6. The monoisotopic (exact) mass is 575 g/mol. The van der Waals surface area contributed by atoms with E-state index >= 15 is 0 Å².